The second kappa shape index (κ2) is 10.4. The summed E-state index contributed by atoms with van der Waals surface area (Å²) in [7, 11) is 6.58. The number of carbonyl (C=O) groups excluding carboxylic acids is 4. The second-order valence-corrected chi connectivity index (χ2v) is 12.7. The van der Waals surface area contributed by atoms with E-state index < -0.39 is 69.7 Å². The molecule has 0 bridgehead atoms. The van der Waals surface area contributed by atoms with Crippen molar-refractivity contribution in [3.8, 4) is 5.75 Å². The van der Waals surface area contributed by atoms with Crippen molar-refractivity contribution in [3.05, 3.63) is 34.1 Å². The molecular weight excluding hydrogens is 546 g/mol. The number of benzene rings is 1. The van der Waals surface area contributed by atoms with Gasteiger partial charge < -0.3 is 41.7 Å². The zero-order chi connectivity index (χ0) is 31.6. The summed E-state index contributed by atoms with van der Waals surface area (Å²) in [6.07, 6.45) is 0.117. The van der Waals surface area contributed by atoms with E-state index in [1.165, 1.54) is 4.90 Å². The maximum absolute atomic E-state index is 14.0. The minimum Gasteiger partial charge on any atom is -0.508 e. The average Bonchev–Trinajstić information content (AvgIpc) is 2.85. The number of hydrogen-bond acceptors (Lipinski definition) is 11. The van der Waals surface area contributed by atoms with Crippen LogP contribution in [0.5, 0.6) is 5.75 Å². The van der Waals surface area contributed by atoms with Gasteiger partial charge >= 0.3 is 0 Å². The third-order valence-electron chi connectivity index (χ3n) is 8.23. The molecule has 3 aliphatic rings. The summed E-state index contributed by atoms with van der Waals surface area (Å²) in [5.74, 6) is -7.79. The van der Waals surface area contributed by atoms with Gasteiger partial charge in [-0.2, -0.15) is 0 Å². The Hall–Kier alpha value is -3.94. The molecule has 4 atom stereocenters. The number of aliphatic hydroxyl groups is 3. The number of phenolic OH excluding ortho intramolecular Hbond substituents is 1. The van der Waals surface area contributed by atoms with Crippen molar-refractivity contribution in [1.29, 1.82) is 0 Å². The number of primary amides is 1. The van der Waals surface area contributed by atoms with E-state index in [1.807, 2.05) is 20.8 Å². The number of rotatable bonds is 6. The van der Waals surface area contributed by atoms with Crippen molar-refractivity contribution in [2.24, 2.45) is 17.6 Å². The highest BCUT2D eigenvalue weighted by molar-refractivity contribution is 6.24. The van der Waals surface area contributed by atoms with Gasteiger partial charge in [0.05, 0.1) is 23.8 Å². The molecule has 0 aliphatic heterocycles. The first kappa shape index (κ1) is 31.0. The van der Waals surface area contributed by atoms with E-state index in [1.54, 1.807) is 39.2 Å². The Kier molecular flexibility index (Phi) is 7.68. The van der Waals surface area contributed by atoms with Crippen LogP contribution in [-0.4, -0.2) is 101 Å². The molecule has 13 nitrogen and oxygen atoms in total. The highest BCUT2D eigenvalue weighted by Gasteiger charge is 2.64. The van der Waals surface area contributed by atoms with Gasteiger partial charge in [0.25, 0.3) is 5.91 Å². The van der Waals surface area contributed by atoms with E-state index in [4.69, 9.17) is 5.73 Å². The number of aromatic hydroxyl groups is 1. The van der Waals surface area contributed by atoms with Crippen molar-refractivity contribution in [1.82, 2.24) is 10.2 Å². The summed E-state index contributed by atoms with van der Waals surface area (Å²) in [5.41, 5.74) is 2.11. The van der Waals surface area contributed by atoms with Gasteiger partial charge in [0, 0.05) is 36.8 Å². The lowest BCUT2D eigenvalue weighted by atomic mass is 9.57. The Morgan fingerprint density at radius 3 is 2.26 bits per heavy atom. The highest BCUT2D eigenvalue weighted by atomic mass is 16.3. The van der Waals surface area contributed by atoms with Crippen molar-refractivity contribution in [3.63, 3.8) is 0 Å². The third kappa shape index (κ3) is 4.80. The molecule has 1 fully saturated rings. The summed E-state index contributed by atoms with van der Waals surface area (Å²) in [6, 6.07) is 0.409. The molecule has 228 valence electrons. The molecule has 0 heterocycles. The topological polar surface area (TPSA) is 206 Å². The van der Waals surface area contributed by atoms with Crippen LogP contribution in [-0.2, 0) is 25.6 Å². The number of aliphatic hydroxyl groups excluding tert-OH is 2. The fourth-order valence-electron chi connectivity index (χ4n) is 6.33. The molecule has 0 aromatic heterocycles. The first-order chi connectivity index (χ1) is 19.3. The zero-order valence-electron chi connectivity index (χ0n) is 24.8. The first-order valence-electron chi connectivity index (χ1n) is 13.6. The molecule has 4 unspecified atom stereocenters. The van der Waals surface area contributed by atoms with Gasteiger partial charge in [-0.25, -0.2) is 0 Å². The summed E-state index contributed by atoms with van der Waals surface area (Å²) in [5, 5.41) is 51.3. The van der Waals surface area contributed by atoms with E-state index >= 15 is 0 Å². The van der Waals surface area contributed by atoms with Crippen molar-refractivity contribution in [2.45, 2.75) is 50.8 Å². The number of phenols is 1. The number of nitrogens with two attached hydrogens (primary N) is 1. The van der Waals surface area contributed by atoms with Gasteiger partial charge in [0.15, 0.2) is 11.4 Å². The molecule has 1 aromatic rings. The number of amides is 2. The molecule has 8 N–H and O–H groups in total. The smallest absolute Gasteiger partial charge is 0.255 e. The maximum Gasteiger partial charge on any atom is 0.255 e. The number of fused-ring (bicyclic) bond motifs is 3. The number of ketones is 2. The van der Waals surface area contributed by atoms with Crippen molar-refractivity contribution in [2.75, 3.05) is 45.0 Å². The van der Waals surface area contributed by atoms with Crippen LogP contribution in [0.25, 0.3) is 5.76 Å². The van der Waals surface area contributed by atoms with Crippen molar-refractivity contribution >= 4 is 40.5 Å². The number of nitrogens with one attached hydrogen (secondary N) is 2. The average molecular weight is 586 g/mol. The second-order valence-electron chi connectivity index (χ2n) is 12.7. The van der Waals surface area contributed by atoms with Gasteiger partial charge in [-0.15, -0.1) is 0 Å². The highest BCUT2D eigenvalue weighted by Crippen LogP contribution is 2.54. The molecule has 0 spiro atoms. The molecule has 1 aromatic carbocycles. The van der Waals surface area contributed by atoms with Crippen LogP contribution in [0.3, 0.4) is 0 Å². The van der Waals surface area contributed by atoms with Crippen LogP contribution in [0, 0.1) is 11.8 Å². The normalized spacial score (nSPS) is 25.7. The molecule has 2 amide bonds. The fourth-order valence-corrected chi connectivity index (χ4v) is 6.33. The van der Waals surface area contributed by atoms with E-state index in [2.05, 4.69) is 10.6 Å². The number of hydrogen-bond donors (Lipinski definition) is 7. The van der Waals surface area contributed by atoms with Gasteiger partial charge in [-0.1, -0.05) is 0 Å². The Morgan fingerprint density at radius 1 is 1.12 bits per heavy atom. The van der Waals surface area contributed by atoms with Crippen LogP contribution < -0.4 is 21.3 Å². The Morgan fingerprint density at radius 2 is 1.74 bits per heavy atom. The third-order valence-corrected chi connectivity index (χ3v) is 8.23. The van der Waals surface area contributed by atoms with Crippen LogP contribution in [0.2, 0.25) is 0 Å². The summed E-state index contributed by atoms with van der Waals surface area (Å²) >= 11 is 0. The lowest BCUT2D eigenvalue weighted by Crippen LogP contribution is -2.65. The van der Waals surface area contributed by atoms with Crippen LogP contribution in [0.15, 0.2) is 23.0 Å². The largest absolute Gasteiger partial charge is 0.508 e. The first-order valence-corrected chi connectivity index (χ1v) is 13.6. The molecule has 4 rings (SSSR count). The Labute approximate surface area is 243 Å². The van der Waals surface area contributed by atoms with Gasteiger partial charge in [-0.3, -0.25) is 24.1 Å². The molecule has 13 heteroatoms. The number of anilines is 2. The SMILES string of the molecule is CN(C)c1cc(NC(=O)CNC(C)(C)C)c(O)c2c1CC1CC3C(N(C)C)C(=O)C(C(N)=O)=C(O)C3(O)C(=O)C1=C2O. The molecule has 0 saturated heterocycles. The number of carbonyl (C=O) groups is 4. The number of nitrogens with zero attached hydrogens (tertiary/aromatic N) is 2. The monoisotopic (exact) mass is 585 g/mol. The molecule has 0 radical (unpaired) electrons. The lowest BCUT2D eigenvalue weighted by Gasteiger charge is -2.50. The number of likely N-dealkylation sites (N-methyl/N-ethyl adjacent to an activating group) is 1. The standard InChI is InChI=1S/C29H39N5O8/c1-28(2,3)31-11-17(35)32-15-10-16(33(4)5)13-8-12-9-14-21(34(6)7)24(38)20(27(30)41)26(40)29(14,42)25(39)18(12)23(37)19(13)22(15)36/h10,12,14,21,31,36-37,40,42H,8-9,11H2,1-7H3,(H2,30,41)(H,32,35). The summed E-state index contributed by atoms with van der Waals surface area (Å²) < 4.78 is 0. The van der Waals surface area contributed by atoms with E-state index in [-0.39, 0.29) is 41.7 Å². The lowest BCUT2D eigenvalue weighted by molar-refractivity contribution is -0.153. The summed E-state index contributed by atoms with van der Waals surface area (Å²) in [6.45, 7) is 5.62. The molecule has 1 saturated carbocycles. The van der Waals surface area contributed by atoms with E-state index in [9.17, 15) is 39.6 Å². The predicted molar refractivity (Wildman–Crippen MR) is 155 cm³/mol. The van der Waals surface area contributed by atoms with Crippen LogP contribution in [0.1, 0.15) is 38.3 Å². The molecular formula is C29H39N5O8. The summed E-state index contributed by atoms with van der Waals surface area (Å²) in [4.78, 5) is 55.3. The fraction of sp³-hybridized carbons (Fsp3) is 0.517. The van der Waals surface area contributed by atoms with Crippen LogP contribution in [0.4, 0.5) is 11.4 Å². The Bertz CT molecular complexity index is 1450. The van der Waals surface area contributed by atoms with E-state index in [0.717, 1.165) is 0 Å². The zero-order valence-corrected chi connectivity index (χ0v) is 24.8. The molecule has 3 aliphatic carbocycles. The quantitative estimate of drug-likeness (QED) is 0.179. The van der Waals surface area contributed by atoms with Gasteiger partial charge in [0.2, 0.25) is 11.7 Å². The molecule has 42 heavy (non-hydrogen) atoms. The predicted octanol–water partition coefficient (Wildman–Crippen LogP) is 0.357. The van der Waals surface area contributed by atoms with Gasteiger partial charge in [-0.05, 0) is 65.3 Å². The maximum atomic E-state index is 14.0. The van der Waals surface area contributed by atoms with Gasteiger partial charge in [0.1, 0.15) is 22.8 Å². The minimum atomic E-state index is -2.73. The van der Waals surface area contributed by atoms with Crippen molar-refractivity contribution < 1.29 is 39.6 Å². The number of Topliss-reactive ketones (excluding diaryl/α,β-unsaturated/α-hetero) is 2. The van der Waals surface area contributed by atoms with E-state index in [0.29, 0.717) is 11.3 Å². The Balaban J connectivity index is 1.89. The van der Waals surface area contributed by atoms with Crippen LogP contribution >= 0.6 is 0 Å². The minimum absolute atomic E-state index is 0.00158.